The Labute approximate surface area is 152 Å². The smallest absolute Gasteiger partial charge is 0.0543 e. The van der Waals surface area contributed by atoms with E-state index in [9.17, 15) is 0 Å². The van der Waals surface area contributed by atoms with Crippen molar-refractivity contribution in [2.75, 3.05) is 39.3 Å². The van der Waals surface area contributed by atoms with Gasteiger partial charge in [-0.3, -0.25) is 9.58 Å². The molecule has 5 heteroatoms. The number of hydrogen-bond acceptors (Lipinski definition) is 4. The van der Waals surface area contributed by atoms with Gasteiger partial charge in [-0.25, -0.2) is 0 Å². The lowest BCUT2D eigenvalue weighted by Gasteiger charge is -2.47. The summed E-state index contributed by atoms with van der Waals surface area (Å²) in [5, 5.41) is 8.12. The second-order valence-corrected chi connectivity index (χ2v) is 8.42. The molecule has 0 spiro atoms. The highest BCUT2D eigenvalue weighted by Gasteiger charge is 2.35. The summed E-state index contributed by atoms with van der Waals surface area (Å²) in [6.45, 7) is 9.91. The highest BCUT2D eigenvalue weighted by molar-refractivity contribution is 4.92. The van der Waals surface area contributed by atoms with Crippen molar-refractivity contribution < 1.29 is 0 Å². The molecule has 3 atom stereocenters. The highest BCUT2D eigenvalue weighted by Crippen LogP contribution is 2.28. The highest BCUT2D eigenvalue weighted by atomic mass is 15.3. The summed E-state index contributed by atoms with van der Waals surface area (Å²) < 4.78 is 2.17. The van der Waals surface area contributed by atoms with Gasteiger partial charge in [0.15, 0.2) is 0 Å². The number of piperidine rings is 3. The van der Waals surface area contributed by atoms with Crippen molar-refractivity contribution >= 4 is 0 Å². The van der Waals surface area contributed by atoms with Crippen molar-refractivity contribution in [2.24, 2.45) is 5.92 Å². The normalized spacial score (nSPS) is 33.6. The lowest BCUT2D eigenvalue weighted by Crippen LogP contribution is -2.57. The fourth-order valence-corrected chi connectivity index (χ4v) is 5.31. The van der Waals surface area contributed by atoms with Gasteiger partial charge in [-0.05, 0) is 64.1 Å². The molecule has 0 amide bonds. The van der Waals surface area contributed by atoms with Gasteiger partial charge < -0.3 is 10.2 Å². The molecule has 1 aromatic heterocycles. The molecule has 0 radical (unpaired) electrons. The van der Waals surface area contributed by atoms with Crippen LogP contribution in [0.2, 0.25) is 0 Å². The third kappa shape index (κ3) is 4.09. The monoisotopic (exact) mass is 345 g/mol. The zero-order valence-electron chi connectivity index (χ0n) is 15.8. The quantitative estimate of drug-likeness (QED) is 0.909. The van der Waals surface area contributed by atoms with Gasteiger partial charge in [0.1, 0.15) is 0 Å². The lowest BCUT2D eigenvalue weighted by atomic mass is 9.87. The first-order valence-electron chi connectivity index (χ1n) is 10.5. The predicted molar refractivity (Wildman–Crippen MR) is 102 cm³/mol. The summed E-state index contributed by atoms with van der Waals surface area (Å²) in [7, 11) is 0. The minimum Gasteiger partial charge on any atom is -0.315 e. The fraction of sp³-hybridized carbons (Fsp3) is 0.850. The van der Waals surface area contributed by atoms with Gasteiger partial charge in [-0.15, -0.1) is 0 Å². The van der Waals surface area contributed by atoms with Crippen LogP contribution >= 0.6 is 0 Å². The SMILES string of the molecule is CC1CCCCN1C1CNCCC1CN1CCC(n2cccn2)CC1. The van der Waals surface area contributed by atoms with Crippen molar-refractivity contribution in [3.05, 3.63) is 18.5 Å². The van der Waals surface area contributed by atoms with E-state index in [2.05, 4.69) is 38.0 Å². The Morgan fingerprint density at radius 2 is 1.96 bits per heavy atom. The fourth-order valence-electron chi connectivity index (χ4n) is 5.31. The molecule has 4 heterocycles. The zero-order valence-corrected chi connectivity index (χ0v) is 15.8. The van der Waals surface area contributed by atoms with Crippen molar-refractivity contribution in [3.63, 3.8) is 0 Å². The summed E-state index contributed by atoms with van der Waals surface area (Å²) in [5.41, 5.74) is 0. The molecule has 140 valence electrons. The first-order chi connectivity index (χ1) is 12.3. The maximum absolute atomic E-state index is 4.45. The first kappa shape index (κ1) is 17.5. The average Bonchev–Trinajstić information content (AvgIpc) is 3.18. The Morgan fingerprint density at radius 3 is 2.72 bits per heavy atom. The van der Waals surface area contributed by atoms with Crippen LogP contribution in [-0.2, 0) is 0 Å². The molecule has 0 aliphatic carbocycles. The van der Waals surface area contributed by atoms with Gasteiger partial charge >= 0.3 is 0 Å². The third-order valence-electron chi connectivity index (χ3n) is 6.82. The van der Waals surface area contributed by atoms with Crippen molar-refractivity contribution in [1.82, 2.24) is 24.9 Å². The molecule has 3 aliphatic heterocycles. The number of nitrogens with zero attached hydrogens (tertiary/aromatic N) is 4. The minimum absolute atomic E-state index is 0.609. The Hall–Kier alpha value is -0.910. The molecule has 25 heavy (non-hydrogen) atoms. The number of nitrogens with one attached hydrogen (secondary N) is 1. The number of rotatable bonds is 4. The van der Waals surface area contributed by atoms with Crippen molar-refractivity contribution in [3.8, 4) is 0 Å². The molecular weight excluding hydrogens is 310 g/mol. The van der Waals surface area contributed by atoms with E-state index in [1.165, 1.54) is 77.8 Å². The summed E-state index contributed by atoms with van der Waals surface area (Å²) >= 11 is 0. The van der Waals surface area contributed by atoms with Gasteiger partial charge in [0, 0.05) is 50.7 Å². The van der Waals surface area contributed by atoms with E-state index in [0.717, 1.165) is 18.0 Å². The van der Waals surface area contributed by atoms with Crippen LogP contribution in [0.5, 0.6) is 0 Å². The van der Waals surface area contributed by atoms with E-state index >= 15 is 0 Å². The molecule has 3 unspecified atom stereocenters. The Morgan fingerprint density at radius 1 is 1.08 bits per heavy atom. The molecule has 0 aromatic carbocycles. The van der Waals surface area contributed by atoms with Crippen LogP contribution < -0.4 is 5.32 Å². The van der Waals surface area contributed by atoms with Gasteiger partial charge in [-0.2, -0.15) is 5.10 Å². The van der Waals surface area contributed by atoms with E-state index < -0.39 is 0 Å². The third-order valence-corrected chi connectivity index (χ3v) is 6.82. The molecule has 4 rings (SSSR count). The predicted octanol–water partition coefficient (Wildman–Crippen LogP) is 2.37. The van der Waals surface area contributed by atoms with E-state index in [0.29, 0.717) is 6.04 Å². The molecule has 3 saturated heterocycles. The van der Waals surface area contributed by atoms with Crippen LogP contribution in [0, 0.1) is 5.92 Å². The van der Waals surface area contributed by atoms with Crippen molar-refractivity contribution in [2.45, 2.75) is 63.6 Å². The largest absolute Gasteiger partial charge is 0.315 e. The second kappa shape index (κ2) is 8.19. The van der Waals surface area contributed by atoms with E-state index in [1.54, 1.807) is 0 Å². The van der Waals surface area contributed by atoms with Crippen LogP contribution in [-0.4, -0.2) is 70.9 Å². The molecule has 0 saturated carbocycles. The Kier molecular flexibility index (Phi) is 5.73. The zero-order chi connectivity index (χ0) is 17.1. The number of likely N-dealkylation sites (tertiary alicyclic amines) is 2. The average molecular weight is 346 g/mol. The molecular formula is C20H35N5. The van der Waals surface area contributed by atoms with E-state index in [-0.39, 0.29) is 0 Å². The summed E-state index contributed by atoms with van der Waals surface area (Å²) in [6, 6.07) is 4.17. The van der Waals surface area contributed by atoms with E-state index in [1.807, 2.05) is 12.3 Å². The van der Waals surface area contributed by atoms with Crippen LogP contribution in [0.1, 0.15) is 51.5 Å². The molecule has 0 bridgehead atoms. The number of hydrogen-bond donors (Lipinski definition) is 1. The van der Waals surface area contributed by atoms with Gasteiger partial charge in [0.05, 0.1) is 6.04 Å². The maximum Gasteiger partial charge on any atom is 0.0543 e. The van der Waals surface area contributed by atoms with Crippen LogP contribution in [0.25, 0.3) is 0 Å². The summed E-state index contributed by atoms with van der Waals surface area (Å²) in [5.74, 6) is 0.836. The molecule has 3 aliphatic rings. The number of aromatic nitrogens is 2. The first-order valence-corrected chi connectivity index (χ1v) is 10.5. The second-order valence-electron chi connectivity index (χ2n) is 8.42. The Bertz CT molecular complexity index is 508. The van der Waals surface area contributed by atoms with Crippen LogP contribution in [0.3, 0.4) is 0 Å². The molecule has 3 fully saturated rings. The van der Waals surface area contributed by atoms with Gasteiger partial charge in [-0.1, -0.05) is 6.42 Å². The van der Waals surface area contributed by atoms with Gasteiger partial charge in [0.25, 0.3) is 0 Å². The Balaban J connectivity index is 1.33. The summed E-state index contributed by atoms with van der Waals surface area (Å²) in [4.78, 5) is 5.56. The minimum atomic E-state index is 0.609. The van der Waals surface area contributed by atoms with Crippen LogP contribution in [0.15, 0.2) is 18.5 Å². The van der Waals surface area contributed by atoms with Crippen LogP contribution in [0.4, 0.5) is 0 Å². The maximum atomic E-state index is 4.45. The standard InChI is InChI=1S/C20H35N5/c1-17-5-2-3-11-24(17)20-15-21-10-6-18(20)16-23-13-7-19(8-14-23)25-12-4-9-22-25/h4,9,12,17-21H,2-3,5-8,10-11,13-16H2,1H3. The van der Waals surface area contributed by atoms with Gasteiger partial charge in [0.2, 0.25) is 0 Å². The lowest BCUT2D eigenvalue weighted by molar-refractivity contribution is 0.0336. The molecule has 5 nitrogen and oxygen atoms in total. The molecule has 1 aromatic rings. The summed E-state index contributed by atoms with van der Waals surface area (Å²) in [6.07, 6.45) is 12.1. The van der Waals surface area contributed by atoms with E-state index in [4.69, 9.17) is 0 Å². The van der Waals surface area contributed by atoms with Crippen molar-refractivity contribution in [1.29, 1.82) is 0 Å². The topological polar surface area (TPSA) is 36.3 Å². The molecule has 1 N–H and O–H groups in total.